The molecule has 76 valence electrons. The summed E-state index contributed by atoms with van der Waals surface area (Å²) in [6, 6.07) is 6.72. The first kappa shape index (κ1) is 9.62. The Bertz CT molecular complexity index is 328. The lowest BCUT2D eigenvalue weighted by Gasteiger charge is -2.45. The second-order valence-corrected chi connectivity index (χ2v) is 4.43. The molecule has 0 aliphatic carbocycles. The molecule has 2 N–H and O–H groups in total. The van der Waals surface area contributed by atoms with Crippen molar-refractivity contribution in [1.29, 1.82) is 0 Å². The number of benzene rings is 1. The molecule has 2 rings (SSSR count). The third-order valence-corrected chi connectivity index (χ3v) is 2.46. The molecule has 1 fully saturated rings. The van der Waals surface area contributed by atoms with E-state index in [0.717, 1.165) is 25.2 Å². The molecule has 0 atom stereocenters. The summed E-state index contributed by atoms with van der Waals surface area (Å²) in [5.41, 5.74) is 6.85. The number of halogens is 1. The van der Waals surface area contributed by atoms with Gasteiger partial charge in [0.2, 0.25) is 0 Å². The lowest BCUT2D eigenvalue weighted by Crippen LogP contribution is -2.64. The first-order chi connectivity index (χ1) is 6.55. The Labute approximate surface area is 83.5 Å². The van der Waals surface area contributed by atoms with E-state index >= 15 is 0 Å². The summed E-state index contributed by atoms with van der Waals surface area (Å²) in [6.45, 7) is 4.62. The predicted octanol–water partition coefficient (Wildman–Crippen LogP) is 1.36. The first-order valence-electron chi connectivity index (χ1n) is 4.81. The largest absolute Gasteiger partial charge is 0.323 e. The summed E-state index contributed by atoms with van der Waals surface area (Å²) in [5.74, 6) is -0.168. The van der Waals surface area contributed by atoms with Crippen molar-refractivity contribution in [2.75, 3.05) is 13.1 Å². The first-order valence-corrected chi connectivity index (χ1v) is 4.81. The van der Waals surface area contributed by atoms with Crippen molar-refractivity contribution in [3.63, 3.8) is 0 Å². The zero-order valence-corrected chi connectivity index (χ0v) is 8.33. The van der Waals surface area contributed by atoms with Crippen molar-refractivity contribution >= 4 is 0 Å². The Morgan fingerprint density at radius 3 is 2.79 bits per heavy atom. The normalized spacial score (nSPS) is 20.5. The maximum atomic E-state index is 12.8. The monoisotopic (exact) mass is 194 g/mol. The number of nitrogens with two attached hydrogens (primary N) is 1. The van der Waals surface area contributed by atoms with Crippen LogP contribution in [0.15, 0.2) is 24.3 Å². The number of nitrogens with zero attached hydrogens (tertiary/aromatic N) is 1. The number of likely N-dealkylation sites (tertiary alicyclic amines) is 1. The minimum Gasteiger partial charge on any atom is -0.323 e. The fourth-order valence-electron chi connectivity index (χ4n) is 1.98. The van der Waals surface area contributed by atoms with E-state index in [1.165, 1.54) is 6.07 Å². The molecule has 0 saturated carbocycles. The van der Waals surface area contributed by atoms with Gasteiger partial charge in [-0.1, -0.05) is 12.1 Å². The van der Waals surface area contributed by atoms with Crippen LogP contribution in [0.2, 0.25) is 0 Å². The van der Waals surface area contributed by atoms with Gasteiger partial charge in [-0.3, -0.25) is 4.90 Å². The smallest absolute Gasteiger partial charge is 0.123 e. The summed E-state index contributed by atoms with van der Waals surface area (Å²) in [4.78, 5) is 2.22. The highest BCUT2D eigenvalue weighted by atomic mass is 19.1. The summed E-state index contributed by atoms with van der Waals surface area (Å²) in [6.07, 6.45) is 0. The van der Waals surface area contributed by atoms with Crippen LogP contribution in [0.4, 0.5) is 4.39 Å². The van der Waals surface area contributed by atoms with Crippen molar-refractivity contribution in [3.8, 4) is 0 Å². The highest BCUT2D eigenvalue weighted by Gasteiger charge is 2.34. The van der Waals surface area contributed by atoms with Crippen LogP contribution in [-0.2, 0) is 6.54 Å². The van der Waals surface area contributed by atoms with E-state index in [2.05, 4.69) is 4.90 Å². The lowest BCUT2D eigenvalue weighted by atomic mass is 9.93. The minimum absolute atomic E-state index is 0.0483. The maximum absolute atomic E-state index is 12.8. The average molecular weight is 194 g/mol. The molecule has 1 saturated heterocycles. The summed E-state index contributed by atoms with van der Waals surface area (Å²) < 4.78 is 12.8. The lowest BCUT2D eigenvalue weighted by molar-refractivity contribution is 0.0763. The van der Waals surface area contributed by atoms with Crippen LogP contribution < -0.4 is 5.73 Å². The van der Waals surface area contributed by atoms with Crippen molar-refractivity contribution in [3.05, 3.63) is 35.6 Å². The summed E-state index contributed by atoms with van der Waals surface area (Å²) >= 11 is 0. The fraction of sp³-hybridized carbons (Fsp3) is 0.455. The van der Waals surface area contributed by atoms with E-state index in [0.29, 0.717) is 0 Å². The molecule has 1 heterocycles. The number of rotatable bonds is 2. The third-order valence-electron chi connectivity index (χ3n) is 2.46. The average Bonchev–Trinajstić information content (AvgIpc) is 2.00. The molecule has 14 heavy (non-hydrogen) atoms. The topological polar surface area (TPSA) is 29.3 Å². The Morgan fingerprint density at radius 2 is 2.21 bits per heavy atom. The van der Waals surface area contributed by atoms with Crippen LogP contribution in [0.5, 0.6) is 0 Å². The molecule has 0 aromatic heterocycles. The fourth-order valence-corrected chi connectivity index (χ4v) is 1.98. The zero-order chi connectivity index (χ0) is 10.2. The molecule has 1 aromatic rings. The van der Waals surface area contributed by atoms with Gasteiger partial charge in [-0.25, -0.2) is 4.39 Å². The molecule has 3 heteroatoms. The van der Waals surface area contributed by atoms with Crippen molar-refractivity contribution < 1.29 is 4.39 Å². The Morgan fingerprint density at radius 1 is 1.50 bits per heavy atom. The zero-order valence-electron chi connectivity index (χ0n) is 8.33. The Kier molecular flexibility index (Phi) is 2.29. The molecular formula is C11H15FN2. The van der Waals surface area contributed by atoms with Crippen LogP contribution in [0.25, 0.3) is 0 Å². The third kappa shape index (κ3) is 2.11. The van der Waals surface area contributed by atoms with Gasteiger partial charge in [0.05, 0.1) is 0 Å². The SMILES string of the molecule is CC1(N)CN(Cc2cccc(F)c2)C1. The Hall–Kier alpha value is -0.930. The highest BCUT2D eigenvalue weighted by molar-refractivity contribution is 5.17. The van der Waals surface area contributed by atoms with Gasteiger partial charge in [0.1, 0.15) is 5.82 Å². The molecule has 1 aliphatic heterocycles. The molecule has 0 radical (unpaired) electrons. The quantitative estimate of drug-likeness (QED) is 0.770. The van der Waals surface area contributed by atoms with Crippen LogP contribution in [-0.4, -0.2) is 23.5 Å². The molecule has 0 unspecified atom stereocenters. The van der Waals surface area contributed by atoms with E-state index in [9.17, 15) is 4.39 Å². The minimum atomic E-state index is -0.168. The Balaban J connectivity index is 1.93. The van der Waals surface area contributed by atoms with Crippen LogP contribution in [0, 0.1) is 5.82 Å². The van der Waals surface area contributed by atoms with Gasteiger partial charge in [-0.2, -0.15) is 0 Å². The molecule has 1 aromatic carbocycles. The van der Waals surface area contributed by atoms with Crippen molar-refractivity contribution in [2.24, 2.45) is 5.73 Å². The second kappa shape index (κ2) is 3.33. The van der Waals surface area contributed by atoms with Gasteiger partial charge in [0.15, 0.2) is 0 Å². The van der Waals surface area contributed by atoms with Gasteiger partial charge < -0.3 is 5.73 Å². The van der Waals surface area contributed by atoms with E-state index in [4.69, 9.17) is 5.73 Å². The highest BCUT2D eigenvalue weighted by Crippen LogP contribution is 2.19. The van der Waals surface area contributed by atoms with Gasteiger partial charge >= 0.3 is 0 Å². The van der Waals surface area contributed by atoms with Gasteiger partial charge in [-0.05, 0) is 24.6 Å². The molecule has 2 nitrogen and oxygen atoms in total. The van der Waals surface area contributed by atoms with E-state index in [-0.39, 0.29) is 11.4 Å². The second-order valence-electron chi connectivity index (χ2n) is 4.43. The molecule has 1 aliphatic rings. The van der Waals surface area contributed by atoms with Gasteiger partial charge in [0.25, 0.3) is 0 Å². The van der Waals surface area contributed by atoms with Crippen LogP contribution in [0.3, 0.4) is 0 Å². The van der Waals surface area contributed by atoms with Crippen molar-refractivity contribution in [1.82, 2.24) is 4.90 Å². The number of hydrogen-bond donors (Lipinski definition) is 1. The molecule has 0 bridgehead atoms. The number of hydrogen-bond acceptors (Lipinski definition) is 2. The van der Waals surface area contributed by atoms with E-state index < -0.39 is 0 Å². The van der Waals surface area contributed by atoms with E-state index in [1.807, 2.05) is 13.0 Å². The molecule has 0 spiro atoms. The maximum Gasteiger partial charge on any atom is 0.123 e. The van der Waals surface area contributed by atoms with Crippen molar-refractivity contribution in [2.45, 2.75) is 19.0 Å². The predicted molar refractivity (Wildman–Crippen MR) is 54.3 cm³/mol. The molecular weight excluding hydrogens is 179 g/mol. The van der Waals surface area contributed by atoms with Crippen LogP contribution in [0.1, 0.15) is 12.5 Å². The molecule has 0 amide bonds. The van der Waals surface area contributed by atoms with Gasteiger partial charge in [0, 0.05) is 25.2 Å². The van der Waals surface area contributed by atoms with Gasteiger partial charge in [-0.15, -0.1) is 0 Å². The van der Waals surface area contributed by atoms with Crippen LogP contribution >= 0.6 is 0 Å². The summed E-state index contributed by atoms with van der Waals surface area (Å²) in [7, 11) is 0. The summed E-state index contributed by atoms with van der Waals surface area (Å²) in [5, 5.41) is 0. The van der Waals surface area contributed by atoms with E-state index in [1.54, 1.807) is 12.1 Å². The standard InChI is InChI=1S/C11H15FN2/c1-11(13)7-14(8-11)6-9-3-2-4-10(12)5-9/h2-5H,6-8,13H2,1H3.